The SMILES string of the molecule is CC#CC[Si](C)C. The van der Waals surface area contributed by atoms with E-state index in [-0.39, 0.29) is 8.80 Å². The van der Waals surface area contributed by atoms with E-state index in [1.807, 2.05) is 6.92 Å². The zero-order valence-corrected chi connectivity index (χ0v) is 6.21. The van der Waals surface area contributed by atoms with Gasteiger partial charge in [-0.15, -0.1) is 11.8 Å². The van der Waals surface area contributed by atoms with Crippen LogP contribution in [0.5, 0.6) is 0 Å². The van der Waals surface area contributed by atoms with Crippen LogP contribution in [0.25, 0.3) is 0 Å². The normalized spacial score (nSPS) is 8.00. The summed E-state index contributed by atoms with van der Waals surface area (Å²) in [5.41, 5.74) is 0. The maximum absolute atomic E-state index is 3.04. The summed E-state index contributed by atoms with van der Waals surface area (Å²) in [6.07, 6.45) is 0. The maximum atomic E-state index is 3.04. The molecular formula is C6H11Si. The molecule has 0 unspecified atom stereocenters. The molecule has 0 bridgehead atoms. The lowest BCUT2D eigenvalue weighted by Crippen LogP contribution is -1.94. The topological polar surface area (TPSA) is 0 Å². The van der Waals surface area contributed by atoms with Crippen molar-refractivity contribution in [1.82, 2.24) is 0 Å². The molecule has 0 amide bonds. The average molecular weight is 111 g/mol. The van der Waals surface area contributed by atoms with Gasteiger partial charge in [0.25, 0.3) is 0 Å². The Kier molecular flexibility index (Phi) is 3.82. The fourth-order valence-electron chi connectivity index (χ4n) is 0.265. The molecule has 0 aliphatic rings. The van der Waals surface area contributed by atoms with Gasteiger partial charge in [0, 0.05) is 6.04 Å². The van der Waals surface area contributed by atoms with Gasteiger partial charge in [0.15, 0.2) is 0 Å². The predicted octanol–water partition coefficient (Wildman–Crippen LogP) is 1.76. The van der Waals surface area contributed by atoms with Crippen molar-refractivity contribution < 1.29 is 0 Å². The van der Waals surface area contributed by atoms with Crippen molar-refractivity contribution in [1.29, 1.82) is 0 Å². The molecule has 7 heavy (non-hydrogen) atoms. The Hall–Kier alpha value is -0.223. The highest BCUT2D eigenvalue weighted by Gasteiger charge is 1.87. The molecular weight excluding hydrogens is 100 g/mol. The first kappa shape index (κ1) is 6.78. The van der Waals surface area contributed by atoms with Crippen LogP contribution in [0.1, 0.15) is 6.92 Å². The Balaban J connectivity index is 3.08. The van der Waals surface area contributed by atoms with Gasteiger partial charge in [0.2, 0.25) is 0 Å². The molecule has 1 heteroatoms. The summed E-state index contributed by atoms with van der Waals surface area (Å²) in [7, 11) is -0.0709. The lowest BCUT2D eigenvalue weighted by Gasteiger charge is -1.88. The minimum absolute atomic E-state index is 0.0709. The Morgan fingerprint density at radius 3 is 2.14 bits per heavy atom. The number of hydrogen-bond donors (Lipinski definition) is 0. The third-order valence-electron chi connectivity index (χ3n) is 0.619. The highest BCUT2D eigenvalue weighted by Crippen LogP contribution is 1.85. The van der Waals surface area contributed by atoms with E-state index in [1.54, 1.807) is 0 Å². The van der Waals surface area contributed by atoms with Crippen LogP contribution >= 0.6 is 0 Å². The molecule has 0 aliphatic heterocycles. The van der Waals surface area contributed by atoms with Crippen molar-refractivity contribution in [2.45, 2.75) is 26.1 Å². The van der Waals surface area contributed by atoms with E-state index < -0.39 is 0 Å². The molecule has 0 aliphatic carbocycles. The van der Waals surface area contributed by atoms with Crippen LogP contribution in [0, 0.1) is 11.8 Å². The van der Waals surface area contributed by atoms with Crippen molar-refractivity contribution in [2.75, 3.05) is 0 Å². The quantitative estimate of drug-likeness (QED) is 0.357. The first-order chi connectivity index (χ1) is 3.27. The minimum atomic E-state index is -0.0709. The molecule has 0 aromatic rings. The average Bonchev–Trinajstić information content (AvgIpc) is 1.61. The minimum Gasteiger partial charge on any atom is -0.107 e. The molecule has 1 radical (unpaired) electrons. The van der Waals surface area contributed by atoms with Crippen LogP contribution in [0.4, 0.5) is 0 Å². The first-order valence-electron chi connectivity index (χ1n) is 2.46. The first-order valence-corrected chi connectivity index (χ1v) is 5.16. The van der Waals surface area contributed by atoms with Crippen LogP contribution < -0.4 is 0 Å². The van der Waals surface area contributed by atoms with Crippen molar-refractivity contribution >= 4 is 8.80 Å². The van der Waals surface area contributed by atoms with Crippen molar-refractivity contribution in [3.05, 3.63) is 0 Å². The Bertz CT molecular complexity index is 84.1. The Labute approximate surface area is 47.5 Å². The van der Waals surface area contributed by atoms with E-state index in [9.17, 15) is 0 Å². The molecule has 0 aromatic carbocycles. The summed E-state index contributed by atoms with van der Waals surface area (Å²) in [6.45, 7) is 6.44. The third-order valence-corrected chi connectivity index (χ3v) is 1.50. The molecule has 39 valence electrons. The van der Waals surface area contributed by atoms with Gasteiger partial charge in [-0.1, -0.05) is 13.1 Å². The van der Waals surface area contributed by atoms with E-state index >= 15 is 0 Å². The molecule has 0 saturated carbocycles. The smallest absolute Gasteiger partial charge is 0.0556 e. The van der Waals surface area contributed by atoms with Gasteiger partial charge in [-0.3, -0.25) is 0 Å². The number of hydrogen-bond acceptors (Lipinski definition) is 0. The van der Waals surface area contributed by atoms with Gasteiger partial charge in [0.1, 0.15) is 0 Å². The van der Waals surface area contributed by atoms with Crippen molar-refractivity contribution in [3.8, 4) is 11.8 Å². The monoisotopic (exact) mass is 111 g/mol. The highest BCUT2D eigenvalue weighted by atomic mass is 28.3. The largest absolute Gasteiger partial charge is 0.107 e. The van der Waals surface area contributed by atoms with Crippen molar-refractivity contribution in [2.24, 2.45) is 0 Å². The predicted molar refractivity (Wildman–Crippen MR) is 35.7 cm³/mol. The second-order valence-corrected chi connectivity index (χ2v) is 4.58. The Morgan fingerprint density at radius 2 is 2.00 bits per heavy atom. The summed E-state index contributed by atoms with van der Waals surface area (Å²) >= 11 is 0. The molecule has 0 heterocycles. The summed E-state index contributed by atoms with van der Waals surface area (Å²) in [5.74, 6) is 5.92. The zero-order chi connectivity index (χ0) is 5.70. The second kappa shape index (κ2) is 3.95. The van der Waals surface area contributed by atoms with Crippen LogP contribution in [0.15, 0.2) is 0 Å². The van der Waals surface area contributed by atoms with Gasteiger partial charge in [-0.05, 0) is 6.92 Å². The lowest BCUT2D eigenvalue weighted by atomic mass is 10.7. The van der Waals surface area contributed by atoms with Gasteiger partial charge in [0.05, 0.1) is 8.80 Å². The van der Waals surface area contributed by atoms with Crippen LogP contribution in [0.2, 0.25) is 19.1 Å². The molecule has 0 spiro atoms. The third kappa shape index (κ3) is 5.78. The molecule has 0 aromatic heterocycles. The Morgan fingerprint density at radius 1 is 1.43 bits per heavy atom. The summed E-state index contributed by atoms with van der Waals surface area (Å²) in [4.78, 5) is 0. The maximum Gasteiger partial charge on any atom is 0.0556 e. The van der Waals surface area contributed by atoms with Gasteiger partial charge in [-0.25, -0.2) is 0 Å². The molecule has 0 rings (SSSR count). The molecule has 0 atom stereocenters. The fourth-order valence-corrected chi connectivity index (χ4v) is 0.795. The summed E-state index contributed by atoms with van der Waals surface area (Å²) in [6, 6.07) is 1.14. The van der Waals surface area contributed by atoms with E-state index in [2.05, 4.69) is 24.9 Å². The standard InChI is InChI=1S/C6H11Si/c1-4-5-6-7(2)3/h6H2,1-3H3. The van der Waals surface area contributed by atoms with Gasteiger partial charge >= 0.3 is 0 Å². The second-order valence-electron chi connectivity index (χ2n) is 1.81. The van der Waals surface area contributed by atoms with E-state index in [0.717, 1.165) is 6.04 Å². The molecule has 0 N–H and O–H groups in total. The zero-order valence-electron chi connectivity index (χ0n) is 5.21. The van der Waals surface area contributed by atoms with Crippen LogP contribution in [0.3, 0.4) is 0 Å². The van der Waals surface area contributed by atoms with E-state index in [0.29, 0.717) is 0 Å². The summed E-state index contributed by atoms with van der Waals surface area (Å²) < 4.78 is 0. The lowest BCUT2D eigenvalue weighted by molar-refractivity contribution is 1.68. The van der Waals surface area contributed by atoms with E-state index in [4.69, 9.17) is 0 Å². The highest BCUT2D eigenvalue weighted by molar-refractivity contribution is 6.56. The van der Waals surface area contributed by atoms with E-state index in [1.165, 1.54) is 0 Å². The fraction of sp³-hybridized carbons (Fsp3) is 0.667. The van der Waals surface area contributed by atoms with Crippen molar-refractivity contribution in [3.63, 3.8) is 0 Å². The number of rotatable bonds is 1. The van der Waals surface area contributed by atoms with Crippen LogP contribution in [-0.4, -0.2) is 8.80 Å². The molecule has 0 saturated heterocycles. The van der Waals surface area contributed by atoms with Gasteiger partial charge in [-0.2, -0.15) is 0 Å². The summed E-state index contributed by atoms with van der Waals surface area (Å²) in [5, 5.41) is 0. The van der Waals surface area contributed by atoms with Gasteiger partial charge < -0.3 is 0 Å². The van der Waals surface area contributed by atoms with Crippen LogP contribution in [-0.2, 0) is 0 Å². The molecule has 0 fully saturated rings. The molecule has 0 nitrogen and oxygen atoms in total.